The van der Waals surface area contributed by atoms with Gasteiger partial charge in [0.15, 0.2) is 0 Å². The molecule has 0 bridgehead atoms. The van der Waals surface area contributed by atoms with Gasteiger partial charge >= 0.3 is 0 Å². The smallest absolute Gasteiger partial charge is 0.282 e. The molecule has 2 saturated heterocycles. The fraction of sp³-hybridized carbons (Fsp3) is 0.682. The summed E-state index contributed by atoms with van der Waals surface area (Å²) >= 11 is 0. The maximum absolute atomic E-state index is 13.6. The molecule has 1 aliphatic carbocycles. The molecular weight excluding hydrogens is 421 g/mol. The number of hydrogen-bond donors (Lipinski definition) is 0. The Balaban J connectivity index is 1.45. The molecule has 2 atom stereocenters. The van der Waals surface area contributed by atoms with E-state index >= 15 is 0 Å². The summed E-state index contributed by atoms with van der Waals surface area (Å²) in [5.74, 6) is -0.266. The van der Waals surface area contributed by atoms with Crippen molar-refractivity contribution in [2.24, 2.45) is 0 Å². The van der Waals surface area contributed by atoms with Crippen molar-refractivity contribution in [1.29, 1.82) is 0 Å². The largest absolute Gasteiger partial charge is 0.373 e. The van der Waals surface area contributed by atoms with Crippen LogP contribution in [0.3, 0.4) is 0 Å². The molecule has 9 heteroatoms. The van der Waals surface area contributed by atoms with Crippen LogP contribution in [0.4, 0.5) is 4.39 Å². The van der Waals surface area contributed by atoms with Crippen molar-refractivity contribution in [3.8, 4) is 0 Å². The van der Waals surface area contributed by atoms with E-state index in [0.717, 1.165) is 31.2 Å². The van der Waals surface area contributed by atoms with Gasteiger partial charge in [-0.05, 0) is 44.4 Å². The second-order valence-electron chi connectivity index (χ2n) is 9.07. The monoisotopic (exact) mass is 453 g/mol. The Morgan fingerprint density at radius 3 is 2.06 bits per heavy atom. The van der Waals surface area contributed by atoms with Gasteiger partial charge in [-0.25, -0.2) is 4.39 Å². The number of rotatable bonds is 4. The first-order valence-electron chi connectivity index (χ1n) is 11.2. The van der Waals surface area contributed by atoms with E-state index in [4.69, 9.17) is 4.74 Å². The molecule has 2 heterocycles. The highest BCUT2D eigenvalue weighted by Crippen LogP contribution is 2.43. The minimum absolute atomic E-state index is 0.0438. The Morgan fingerprint density at radius 1 is 0.968 bits per heavy atom. The predicted octanol–water partition coefficient (Wildman–Crippen LogP) is 2.14. The summed E-state index contributed by atoms with van der Waals surface area (Å²) in [6.07, 6.45) is 3.15. The van der Waals surface area contributed by atoms with Crippen LogP contribution in [-0.2, 0) is 25.2 Å². The van der Waals surface area contributed by atoms with E-state index in [1.807, 2.05) is 13.8 Å². The van der Waals surface area contributed by atoms with Gasteiger partial charge in [0.25, 0.3) is 10.2 Å². The van der Waals surface area contributed by atoms with E-state index in [2.05, 4.69) is 0 Å². The summed E-state index contributed by atoms with van der Waals surface area (Å²) in [6.45, 7) is 5.77. The van der Waals surface area contributed by atoms with Crippen LogP contribution in [0, 0.1) is 5.82 Å². The van der Waals surface area contributed by atoms with E-state index in [1.165, 1.54) is 20.7 Å². The van der Waals surface area contributed by atoms with Crippen molar-refractivity contribution in [2.75, 3.05) is 39.3 Å². The number of benzene rings is 1. The van der Waals surface area contributed by atoms with Crippen LogP contribution in [0.5, 0.6) is 0 Å². The molecule has 0 radical (unpaired) electrons. The highest BCUT2D eigenvalue weighted by Gasteiger charge is 2.46. The lowest BCUT2D eigenvalue weighted by molar-refractivity contribution is -0.138. The lowest BCUT2D eigenvalue weighted by Gasteiger charge is -2.42. The summed E-state index contributed by atoms with van der Waals surface area (Å²) in [6, 6.07) is 6.27. The van der Waals surface area contributed by atoms with Gasteiger partial charge in [-0.3, -0.25) is 4.79 Å². The third-order valence-electron chi connectivity index (χ3n) is 6.83. The number of carbonyl (C=O) groups is 1. The first-order valence-corrected chi connectivity index (χ1v) is 12.6. The van der Waals surface area contributed by atoms with Gasteiger partial charge in [0, 0.05) is 39.3 Å². The van der Waals surface area contributed by atoms with Crippen LogP contribution in [0.2, 0.25) is 0 Å². The predicted molar refractivity (Wildman–Crippen MR) is 115 cm³/mol. The van der Waals surface area contributed by atoms with Crippen molar-refractivity contribution in [3.63, 3.8) is 0 Å². The third-order valence-corrected chi connectivity index (χ3v) is 8.80. The number of piperazine rings is 1. The van der Waals surface area contributed by atoms with E-state index in [1.54, 1.807) is 17.0 Å². The maximum atomic E-state index is 13.6. The Kier molecular flexibility index (Phi) is 6.40. The molecular formula is C22H32FN3O4S. The zero-order valence-corrected chi connectivity index (χ0v) is 19.1. The standard InChI is InChI=1S/C22H32FN3O4S/c1-17-15-26(16-18(2)30-17)31(28,29)25-13-11-24(12-14-25)21(27)22(9-3-4-10-22)19-5-7-20(23)8-6-19/h5-8,17-18H,3-4,9-16H2,1-2H3. The summed E-state index contributed by atoms with van der Waals surface area (Å²) < 4.78 is 48.4. The maximum Gasteiger partial charge on any atom is 0.282 e. The number of carbonyl (C=O) groups excluding carboxylic acids is 1. The highest BCUT2D eigenvalue weighted by atomic mass is 32.2. The molecule has 0 spiro atoms. The van der Waals surface area contributed by atoms with Crippen molar-refractivity contribution >= 4 is 16.1 Å². The average molecular weight is 454 g/mol. The Labute approximate surface area is 184 Å². The number of ether oxygens (including phenoxy) is 1. The van der Waals surface area contributed by atoms with Crippen molar-refractivity contribution in [3.05, 3.63) is 35.6 Å². The summed E-state index contributed by atoms with van der Waals surface area (Å²) in [5.41, 5.74) is 0.242. The molecule has 172 valence electrons. The molecule has 1 aromatic rings. The molecule has 1 aromatic carbocycles. The first kappa shape index (κ1) is 22.6. The number of amides is 1. The SMILES string of the molecule is CC1CN(S(=O)(=O)N2CCN(C(=O)C3(c4ccc(F)cc4)CCCC3)CC2)CC(C)O1. The zero-order valence-electron chi connectivity index (χ0n) is 18.3. The summed E-state index contributed by atoms with van der Waals surface area (Å²) in [4.78, 5) is 15.4. The van der Waals surface area contributed by atoms with Crippen LogP contribution in [-0.4, -0.2) is 79.3 Å². The topological polar surface area (TPSA) is 70.2 Å². The van der Waals surface area contributed by atoms with E-state index in [-0.39, 0.29) is 37.0 Å². The normalized spacial score (nSPS) is 28.0. The zero-order chi connectivity index (χ0) is 22.2. The molecule has 2 aliphatic heterocycles. The summed E-state index contributed by atoms with van der Waals surface area (Å²) in [5, 5.41) is 0. The van der Waals surface area contributed by atoms with E-state index in [0.29, 0.717) is 26.2 Å². The van der Waals surface area contributed by atoms with E-state index in [9.17, 15) is 17.6 Å². The molecule has 0 aromatic heterocycles. The van der Waals surface area contributed by atoms with Crippen molar-refractivity contribution < 1.29 is 22.3 Å². The average Bonchev–Trinajstić information content (AvgIpc) is 3.24. The molecule has 1 amide bonds. The Bertz CT molecular complexity index is 884. The quantitative estimate of drug-likeness (QED) is 0.700. The Hall–Kier alpha value is -1.55. The fourth-order valence-electron chi connectivity index (χ4n) is 5.28. The van der Waals surface area contributed by atoms with Crippen LogP contribution < -0.4 is 0 Å². The molecule has 7 nitrogen and oxygen atoms in total. The van der Waals surface area contributed by atoms with Crippen LogP contribution in [0.1, 0.15) is 45.1 Å². The molecule has 4 rings (SSSR count). The fourth-order valence-corrected chi connectivity index (χ4v) is 7.03. The molecule has 3 fully saturated rings. The molecule has 2 unspecified atom stereocenters. The number of nitrogens with zero attached hydrogens (tertiary/aromatic N) is 3. The second-order valence-corrected chi connectivity index (χ2v) is 11.0. The minimum Gasteiger partial charge on any atom is -0.373 e. The van der Waals surface area contributed by atoms with Gasteiger partial charge < -0.3 is 9.64 Å². The van der Waals surface area contributed by atoms with Crippen LogP contribution >= 0.6 is 0 Å². The lowest BCUT2D eigenvalue weighted by Crippen LogP contribution is -2.59. The number of halogens is 1. The lowest BCUT2D eigenvalue weighted by atomic mass is 9.77. The van der Waals surface area contributed by atoms with Crippen LogP contribution in [0.15, 0.2) is 24.3 Å². The third kappa shape index (κ3) is 4.37. The highest BCUT2D eigenvalue weighted by molar-refractivity contribution is 7.86. The second kappa shape index (κ2) is 8.77. The van der Waals surface area contributed by atoms with Gasteiger partial charge in [-0.15, -0.1) is 0 Å². The minimum atomic E-state index is -3.58. The van der Waals surface area contributed by atoms with Gasteiger partial charge in [-0.2, -0.15) is 17.0 Å². The van der Waals surface area contributed by atoms with E-state index < -0.39 is 15.6 Å². The first-order chi connectivity index (χ1) is 14.7. The van der Waals surface area contributed by atoms with Gasteiger partial charge in [0.05, 0.1) is 17.6 Å². The molecule has 1 saturated carbocycles. The summed E-state index contributed by atoms with van der Waals surface area (Å²) in [7, 11) is -3.58. The van der Waals surface area contributed by atoms with Crippen molar-refractivity contribution in [1.82, 2.24) is 13.5 Å². The molecule has 3 aliphatic rings. The van der Waals surface area contributed by atoms with Crippen molar-refractivity contribution in [2.45, 2.75) is 57.2 Å². The van der Waals surface area contributed by atoms with Crippen LogP contribution in [0.25, 0.3) is 0 Å². The van der Waals surface area contributed by atoms with Gasteiger partial charge in [0.2, 0.25) is 5.91 Å². The molecule has 31 heavy (non-hydrogen) atoms. The molecule has 0 N–H and O–H groups in total. The van der Waals surface area contributed by atoms with Gasteiger partial charge in [0.1, 0.15) is 5.82 Å². The number of hydrogen-bond acceptors (Lipinski definition) is 4. The van der Waals surface area contributed by atoms with Gasteiger partial charge in [-0.1, -0.05) is 25.0 Å². The number of morpholine rings is 1. The Morgan fingerprint density at radius 2 is 1.52 bits per heavy atom.